The molecule has 122 valence electrons. The maximum atomic E-state index is 6.26. The Kier molecular flexibility index (Phi) is 4.37. The highest BCUT2D eigenvalue weighted by molar-refractivity contribution is 5.78. The molecule has 1 aliphatic carbocycles. The minimum Gasteiger partial charge on any atom is -0.493 e. The summed E-state index contributed by atoms with van der Waals surface area (Å²) >= 11 is 0. The number of rotatable bonds is 4. The first-order valence-electron chi connectivity index (χ1n) is 8.00. The van der Waals surface area contributed by atoms with Crippen LogP contribution in [0.25, 0.3) is 11.1 Å². The van der Waals surface area contributed by atoms with E-state index in [1.165, 1.54) is 12.8 Å². The third-order valence-corrected chi connectivity index (χ3v) is 4.49. The quantitative estimate of drug-likeness (QED) is 0.931. The molecule has 2 aromatic rings. The van der Waals surface area contributed by atoms with Crippen LogP contribution in [0.1, 0.15) is 43.1 Å². The van der Waals surface area contributed by atoms with Crippen LogP contribution in [0.2, 0.25) is 0 Å². The van der Waals surface area contributed by atoms with Crippen LogP contribution in [0.15, 0.2) is 18.2 Å². The van der Waals surface area contributed by atoms with E-state index in [4.69, 9.17) is 20.2 Å². The number of ether oxygens (including phenoxy) is 2. The molecule has 3 rings (SSSR count). The second-order valence-corrected chi connectivity index (χ2v) is 5.97. The Labute approximate surface area is 136 Å². The van der Waals surface area contributed by atoms with Crippen molar-refractivity contribution in [2.75, 3.05) is 20.0 Å². The summed E-state index contributed by atoms with van der Waals surface area (Å²) in [7, 11) is 3.26. The second-order valence-electron chi connectivity index (χ2n) is 5.97. The van der Waals surface area contributed by atoms with Gasteiger partial charge in [-0.05, 0) is 37.5 Å². The Morgan fingerprint density at radius 1 is 1.04 bits per heavy atom. The van der Waals surface area contributed by atoms with Crippen LogP contribution >= 0.6 is 0 Å². The maximum Gasteiger partial charge on any atom is 0.161 e. The molecule has 0 bridgehead atoms. The zero-order valence-electron chi connectivity index (χ0n) is 13.9. The largest absolute Gasteiger partial charge is 0.493 e. The number of aryl methyl sites for hydroxylation is 1. The normalized spacial score (nSPS) is 14.9. The third-order valence-electron chi connectivity index (χ3n) is 4.49. The van der Waals surface area contributed by atoms with Crippen molar-refractivity contribution < 1.29 is 9.47 Å². The standard InChI is InChI=1S/C18H23N3O2/c1-11-20-17(12-6-4-5-7-12)16(18(19)21-11)13-8-9-14(22-2)15(10-13)23-3/h8-10,12H,4-7H2,1-3H3,(H2,19,20,21). The van der Waals surface area contributed by atoms with Crippen molar-refractivity contribution in [3.8, 4) is 22.6 Å². The highest BCUT2D eigenvalue weighted by Gasteiger charge is 2.25. The van der Waals surface area contributed by atoms with Gasteiger partial charge in [0, 0.05) is 11.5 Å². The molecule has 5 nitrogen and oxygen atoms in total. The van der Waals surface area contributed by atoms with E-state index in [-0.39, 0.29) is 0 Å². The van der Waals surface area contributed by atoms with E-state index >= 15 is 0 Å². The number of aromatic nitrogens is 2. The number of hydrogen-bond acceptors (Lipinski definition) is 5. The fraction of sp³-hybridized carbons (Fsp3) is 0.444. The van der Waals surface area contributed by atoms with Crippen LogP contribution in [-0.4, -0.2) is 24.2 Å². The van der Waals surface area contributed by atoms with Gasteiger partial charge in [-0.1, -0.05) is 18.9 Å². The monoisotopic (exact) mass is 313 g/mol. The fourth-order valence-corrected chi connectivity index (χ4v) is 3.40. The van der Waals surface area contributed by atoms with Crippen molar-refractivity contribution in [1.29, 1.82) is 0 Å². The highest BCUT2D eigenvalue weighted by Crippen LogP contribution is 2.42. The average Bonchev–Trinajstić information content (AvgIpc) is 3.08. The third kappa shape index (κ3) is 2.96. The van der Waals surface area contributed by atoms with Gasteiger partial charge in [0.25, 0.3) is 0 Å². The number of nitrogen functional groups attached to an aromatic ring is 1. The number of benzene rings is 1. The molecule has 1 aromatic carbocycles. The van der Waals surface area contributed by atoms with Gasteiger partial charge < -0.3 is 15.2 Å². The SMILES string of the molecule is COc1ccc(-c2c(N)nc(C)nc2C2CCCC2)cc1OC. The Hall–Kier alpha value is -2.30. The summed E-state index contributed by atoms with van der Waals surface area (Å²) in [6.45, 7) is 1.90. The van der Waals surface area contributed by atoms with Gasteiger partial charge in [0.15, 0.2) is 11.5 Å². The highest BCUT2D eigenvalue weighted by atomic mass is 16.5. The number of nitrogens with two attached hydrogens (primary N) is 1. The van der Waals surface area contributed by atoms with E-state index in [0.29, 0.717) is 23.2 Å². The van der Waals surface area contributed by atoms with Crippen molar-refractivity contribution in [2.45, 2.75) is 38.5 Å². The maximum absolute atomic E-state index is 6.26. The molecular weight excluding hydrogens is 290 g/mol. The molecule has 23 heavy (non-hydrogen) atoms. The van der Waals surface area contributed by atoms with Gasteiger partial charge in [-0.3, -0.25) is 0 Å². The first-order valence-corrected chi connectivity index (χ1v) is 8.00. The lowest BCUT2D eigenvalue weighted by atomic mass is 9.94. The lowest BCUT2D eigenvalue weighted by Gasteiger charge is -2.18. The topological polar surface area (TPSA) is 70.3 Å². The predicted molar refractivity (Wildman–Crippen MR) is 90.9 cm³/mol. The average molecular weight is 313 g/mol. The molecule has 1 heterocycles. The molecule has 1 aliphatic rings. The molecule has 1 aromatic heterocycles. The van der Waals surface area contributed by atoms with E-state index in [1.807, 2.05) is 25.1 Å². The molecule has 0 unspecified atom stereocenters. The Morgan fingerprint density at radius 3 is 2.39 bits per heavy atom. The summed E-state index contributed by atoms with van der Waals surface area (Å²) in [6.07, 6.45) is 4.82. The molecule has 0 saturated heterocycles. The van der Waals surface area contributed by atoms with Crippen molar-refractivity contribution >= 4 is 5.82 Å². The molecule has 1 fully saturated rings. The number of methoxy groups -OCH3 is 2. The van der Waals surface area contributed by atoms with Gasteiger partial charge in [-0.15, -0.1) is 0 Å². The number of hydrogen-bond donors (Lipinski definition) is 1. The molecule has 0 amide bonds. The summed E-state index contributed by atoms with van der Waals surface area (Å²) in [5.74, 6) is 3.11. The molecule has 0 aliphatic heterocycles. The van der Waals surface area contributed by atoms with Crippen molar-refractivity contribution in [1.82, 2.24) is 9.97 Å². The number of nitrogens with zero attached hydrogens (tertiary/aromatic N) is 2. The van der Waals surface area contributed by atoms with Gasteiger partial charge in [0.05, 0.1) is 19.9 Å². The van der Waals surface area contributed by atoms with Crippen molar-refractivity contribution in [2.24, 2.45) is 0 Å². The van der Waals surface area contributed by atoms with E-state index in [2.05, 4.69) is 4.98 Å². The summed E-state index contributed by atoms with van der Waals surface area (Å²) < 4.78 is 10.7. The van der Waals surface area contributed by atoms with Crippen LogP contribution in [0.5, 0.6) is 11.5 Å². The van der Waals surface area contributed by atoms with E-state index < -0.39 is 0 Å². The van der Waals surface area contributed by atoms with Gasteiger partial charge in [-0.25, -0.2) is 9.97 Å². The second kappa shape index (κ2) is 6.44. The van der Waals surface area contributed by atoms with Gasteiger partial charge in [0.2, 0.25) is 0 Å². The van der Waals surface area contributed by atoms with Gasteiger partial charge >= 0.3 is 0 Å². The Morgan fingerprint density at radius 2 is 1.74 bits per heavy atom. The smallest absolute Gasteiger partial charge is 0.161 e. The van der Waals surface area contributed by atoms with Gasteiger partial charge in [-0.2, -0.15) is 0 Å². The van der Waals surface area contributed by atoms with Crippen LogP contribution in [0, 0.1) is 6.92 Å². The Bertz CT molecular complexity index is 710. The zero-order valence-corrected chi connectivity index (χ0v) is 13.9. The summed E-state index contributed by atoms with van der Waals surface area (Å²) in [5, 5.41) is 0. The molecule has 5 heteroatoms. The molecule has 0 atom stereocenters. The molecular formula is C18H23N3O2. The number of anilines is 1. The molecule has 0 radical (unpaired) electrons. The lowest BCUT2D eigenvalue weighted by molar-refractivity contribution is 0.355. The fourth-order valence-electron chi connectivity index (χ4n) is 3.40. The zero-order chi connectivity index (χ0) is 16.4. The minimum absolute atomic E-state index is 0.460. The van der Waals surface area contributed by atoms with E-state index in [1.54, 1.807) is 14.2 Å². The van der Waals surface area contributed by atoms with E-state index in [9.17, 15) is 0 Å². The molecule has 1 saturated carbocycles. The summed E-state index contributed by atoms with van der Waals surface area (Å²) in [6, 6.07) is 5.83. The van der Waals surface area contributed by atoms with Crippen LogP contribution < -0.4 is 15.2 Å². The van der Waals surface area contributed by atoms with Crippen LogP contribution in [0.3, 0.4) is 0 Å². The van der Waals surface area contributed by atoms with E-state index in [0.717, 1.165) is 35.5 Å². The molecule has 2 N–H and O–H groups in total. The minimum atomic E-state index is 0.460. The van der Waals surface area contributed by atoms with Gasteiger partial charge in [0.1, 0.15) is 11.6 Å². The summed E-state index contributed by atoms with van der Waals surface area (Å²) in [5.41, 5.74) is 9.24. The van der Waals surface area contributed by atoms with Crippen molar-refractivity contribution in [3.05, 3.63) is 29.7 Å². The van der Waals surface area contributed by atoms with Crippen molar-refractivity contribution in [3.63, 3.8) is 0 Å². The van der Waals surface area contributed by atoms with Crippen LogP contribution in [-0.2, 0) is 0 Å². The molecule has 0 spiro atoms. The first-order chi connectivity index (χ1) is 11.1. The lowest BCUT2D eigenvalue weighted by Crippen LogP contribution is -2.08. The Balaban J connectivity index is 2.15. The first kappa shape index (κ1) is 15.6. The predicted octanol–water partition coefficient (Wildman–Crippen LogP) is 3.71. The van der Waals surface area contributed by atoms with Crippen LogP contribution in [0.4, 0.5) is 5.82 Å². The summed E-state index contributed by atoms with van der Waals surface area (Å²) in [4.78, 5) is 9.10.